The Morgan fingerprint density at radius 1 is 1.13 bits per heavy atom. The molecule has 0 saturated carbocycles. The van der Waals surface area contributed by atoms with Gasteiger partial charge in [0.2, 0.25) is 0 Å². The lowest BCUT2D eigenvalue weighted by molar-refractivity contribution is -0.0187. The maximum absolute atomic E-state index is 10.6. The molecule has 2 N–H and O–H groups in total. The lowest BCUT2D eigenvalue weighted by Gasteiger charge is -2.15. The summed E-state index contributed by atoms with van der Waals surface area (Å²) in [7, 11) is 0. The SMILES string of the molecule is CSc1ncnn2c([C@@H]3O[C@H](COc4ccc5cccnc5c4)[C@@H](O)[C@H]3O)ccc12. The van der Waals surface area contributed by atoms with Crippen molar-refractivity contribution in [2.75, 3.05) is 12.9 Å². The molecular formula is C21H20N4O4S. The Balaban J connectivity index is 1.34. The quantitative estimate of drug-likeness (QED) is 0.471. The lowest BCUT2D eigenvalue weighted by Crippen LogP contribution is -2.34. The number of nitrogens with zero attached hydrogens (tertiary/aromatic N) is 4. The number of hydrogen-bond donors (Lipinski definition) is 2. The van der Waals surface area contributed by atoms with Gasteiger partial charge in [-0.25, -0.2) is 9.50 Å². The molecule has 4 atom stereocenters. The van der Waals surface area contributed by atoms with Gasteiger partial charge in [-0.05, 0) is 36.6 Å². The average molecular weight is 424 g/mol. The van der Waals surface area contributed by atoms with Gasteiger partial charge in [0.1, 0.15) is 48.1 Å². The van der Waals surface area contributed by atoms with Crippen LogP contribution in [0.2, 0.25) is 0 Å². The summed E-state index contributed by atoms with van der Waals surface area (Å²) in [6, 6.07) is 13.2. The summed E-state index contributed by atoms with van der Waals surface area (Å²) in [5.74, 6) is 0.625. The van der Waals surface area contributed by atoms with E-state index in [2.05, 4.69) is 15.1 Å². The Labute approximate surface area is 176 Å². The predicted octanol–water partition coefficient (Wildman–Crippen LogP) is 2.24. The third-order valence-electron chi connectivity index (χ3n) is 5.28. The third kappa shape index (κ3) is 3.29. The number of aromatic nitrogens is 4. The molecule has 0 amide bonds. The molecule has 4 heterocycles. The van der Waals surface area contributed by atoms with E-state index >= 15 is 0 Å². The first-order valence-corrected chi connectivity index (χ1v) is 10.7. The van der Waals surface area contributed by atoms with Crippen LogP contribution < -0.4 is 4.74 Å². The van der Waals surface area contributed by atoms with Gasteiger partial charge < -0.3 is 19.7 Å². The molecule has 3 aromatic heterocycles. The minimum Gasteiger partial charge on any atom is -0.491 e. The largest absolute Gasteiger partial charge is 0.491 e. The molecule has 0 bridgehead atoms. The van der Waals surface area contributed by atoms with Crippen molar-refractivity contribution in [3.8, 4) is 5.75 Å². The highest BCUT2D eigenvalue weighted by Gasteiger charge is 2.45. The predicted molar refractivity (Wildman–Crippen MR) is 112 cm³/mol. The molecule has 0 spiro atoms. The van der Waals surface area contributed by atoms with Crippen molar-refractivity contribution in [1.29, 1.82) is 0 Å². The Bertz CT molecular complexity index is 1200. The summed E-state index contributed by atoms with van der Waals surface area (Å²) in [6.07, 6.45) is 1.55. The summed E-state index contributed by atoms with van der Waals surface area (Å²) in [4.78, 5) is 8.57. The Hall–Kier alpha value is -2.72. The summed E-state index contributed by atoms with van der Waals surface area (Å²) in [5, 5.41) is 27.3. The highest BCUT2D eigenvalue weighted by Crippen LogP contribution is 2.35. The molecule has 9 heteroatoms. The van der Waals surface area contributed by atoms with E-state index < -0.39 is 24.4 Å². The second kappa shape index (κ2) is 7.84. The summed E-state index contributed by atoms with van der Waals surface area (Å²) < 4.78 is 13.5. The zero-order valence-electron chi connectivity index (χ0n) is 16.1. The van der Waals surface area contributed by atoms with Crippen LogP contribution in [0, 0.1) is 0 Å². The first-order chi connectivity index (χ1) is 14.7. The Morgan fingerprint density at radius 3 is 2.90 bits per heavy atom. The second-order valence-corrected chi connectivity index (χ2v) is 7.86. The second-order valence-electron chi connectivity index (χ2n) is 7.07. The maximum atomic E-state index is 10.6. The van der Waals surface area contributed by atoms with E-state index in [0.29, 0.717) is 11.4 Å². The number of hydrogen-bond acceptors (Lipinski definition) is 8. The van der Waals surface area contributed by atoms with Crippen LogP contribution in [-0.2, 0) is 4.74 Å². The Morgan fingerprint density at radius 2 is 2.03 bits per heavy atom. The third-order valence-corrected chi connectivity index (χ3v) is 5.99. The van der Waals surface area contributed by atoms with Gasteiger partial charge >= 0.3 is 0 Å². The molecule has 154 valence electrons. The molecule has 0 unspecified atom stereocenters. The molecule has 8 nitrogen and oxygen atoms in total. The number of rotatable bonds is 5. The number of pyridine rings is 1. The molecule has 1 aliphatic heterocycles. The maximum Gasteiger partial charge on any atom is 0.137 e. The highest BCUT2D eigenvalue weighted by atomic mass is 32.2. The first kappa shape index (κ1) is 19.3. The van der Waals surface area contributed by atoms with E-state index in [1.807, 2.05) is 48.7 Å². The van der Waals surface area contributed by atoms with E-state index in [-0.39, 0.29) is 6.61 Å². The number of ether oxygens (including phenoxy) is 2. The van der Waals surface area contributed by atoms with Gasteiger partial charge in [0, 0.05) is 17.6 Å². The summed E-state index contributed by atoms with van der Waals surface area (Å²) in [6.45, 7) is 0.0986. The van der Waals surface area contributed by atoms with Crippen LogP contribution in [0.3, 0.4) is 0 Å². The summed E-state index contributed by atoms with van der Waals surface area (Å²) >= 11 is 1.51. The number of aliphatic hydroxyl groups excluding tert-OH is 2. The van der Waals surface area contributed by atoms with Gasteiger partial charge in [-0.1, -0.05) is 6.07 Å². The lowest BCUT2D eigenvalue weighted by atomic mass is 10.1. The highest BCUT2D eigenvalue weighted by molar-refractivity contribution is 7.98. The number of fused-ring (bicyclic) bond motifs is 2. The van der Waals surface area contributed by atoms with E-state index in [4.69, 9.17) is 9.47 Å². The van der Waals surface area contributed by atoms with Gasteiger partial charge in [0.15, 0.2) is 0 Å². The molecule has 30 heavy (non-hydrogen) atoms. The van der Waals surface area contributed by atoms with Crippen molar-refractivity contribution in [1.82, 2.24) is 19.6 Å². The molecule has 0 aliphatic carbocycles. The molecule has 4 aromatic rings. The smallest absolute Gasteiger partial charge is 0.137 e. The van der Waals surface area contributed by atoms with E-state index in [9.17, 15) is 10.2 Å². The molecule has 1 aromatic carbocycles. The summed E-state index contributed by atoms with van der Waals surface area (Å²) in [5.41, 5.74) is 2.31. The van der Waals surface area contributed by atoms with Crippen molar-refractivity contribution >= 4 is 28.2 Å². The fraction of sp³-hybridized carbons (Fsp3) is 0.286. The van der Waals surface area contributed by atoms with Crippen molar-refractivity contribution < 1.29 is 19.7 Å². The average Bonchev–Trinajstić information content (AvgIpc) is 3.33. The van der Waals surface area contributed by atoms with Gasteiger partial charge in [0.05, 0.1) is 16.7 Å². The van der Waals surface area contributed by atoms with E-state index in [1.54, 1.807) is 10.7 Å². The molecule has 0 radical (unpaired) electrons. The van der Waals surface area contributed by atoms with Crippen molar-refractivity contribution in [2.24, 2.45) is 0 Å². The van der Waals surface area contributed by atoms with Crippen LogP contribution in [0.15, 0.2) is 60.0 Å². The number of aliphatic hydroxyl groups is 2. The fourth-order valence-corrected chi connectivity index (χ4v) is 4.27. The molecule has 1 saturated heterocycles. The monoisotopic (exact) mass is 424 g/mol. The van der Waals surface area contributed by atoms with Crippen molar-refractivity contribution in [3.05, 3.63) is 60.7 Å². The molecule has 5 rings (SSSR count). The van der Waals surface area contributed by atoms with Crippen LogP contribution >= 0.6 is 11.8 Å². The number of benzene rings is 1. The zero-order valence-corrected chi connectivity index (χ0v) is 16.9. The molecule has 1 aliphatic rings. The van der Waals surface area contributed by atoms with Crippen LogP contribution in [-0.4, -0.2) is 61.0 Å². The van der Waals surface area contributed by atoms with Crippen LogP contribution in [0.1, 0.15) is 11.8 Å². The topological polar surface area (TPSA) is 102 Å². The van der Waals surface area contributed by atoms with Gasteiger partial charge in [-0.3, -0.25) is 4.98 Å². The van der Waals surface area contributed by atoms with Gasteiger partial charge in [0.25, 0.3) is 0 Å². The standard InChI is InChI=1S/C21H20N4O4S/c1-30-21-16-7-6-15(25(16)24-11-23-21)20-19(27)18(26)17(29-20)10-28-13-5-4-12-3-2-8-22-14(12)9-13/h2-9,11,17-20,26-27H,10H2,1H3/t17-,18-,19-,20+/m1/s1. The minimum atomic E-state index is -1.09. The van der Waals surface area contributed by atoms with Crippen LogP contribution in [0.5, 0.6) is 5.75 Å². The fourth-order valence-electron chi connectivity index (χ4n) is 3.75. The minimum absolute atomic E-state index is 0.0986. The Kier molecular flexibility index (Phi) is 5.03. The zero-order chi connectivity index (χ0) is 20.7. The first-order valence-electron chi connectivity index (χ1n) is 9.51. The van der Waals surface area contributed by atoms with Crippen molar-refractivity contribution in [3.63, 3.8) is 0 Å². The van der Waals surface area contributed by atoms with Gasteiger partial charge in [-0.15, -0.1) is 11.8 Å². The van der Waals surface area contributed by atoms with E-state index in [0.717, 1.165) is 21.4 Å². The molecular weight excluding hydrogens is 404 g/mol. The number of thioether (sulfide) groups is 1. The van der Waals surface area contributed by atoms with Crippen LogP contribution in [0.4, 0.5) is 0 Å². The normalized spacial score (nSPS) is 24.0. The van der Waals surface area contributed by atoms with Gasteiger partial charge in [-0.2, -0.15) is 5.10 Å². The van der Waals surface area contributed by atoms with Crippen molar-refractivity contribution in [2.45, 2.75) is 29.4 Å². The molecule has 1 fully saturated rings. The van der Waals surface area contributed by atoms with E-state index in [1.165, 1.54) is 18.1 Å². The van der Waals surface area contributed by atoms with Crippen LogP contribution in [0.25, 0.3) is 16.4 Å².